The van der Waals surface area contributed by atoms with Crippen LogP contribution in [0.3, 0.4) is 0 Å². The summed E-state index contributed by atoms with van der Waals surface area (Å²) in [5.74, 6) is 0. The minimum Gasteiger partial charge on any atom is -0.321 e. The van der Waals surface area contributed by atoms with Crippen LogP contribution in [0.2, 0.25) is 0 Å². The molecule has 3 nitrogen and oxygen atoms in total. The summed E-state index contributed by atoms with van der Waals surface area (Å²) in [5, 5.41) is 9.47. The summed E-state index contributed by atoms with van der Waals surface area (Å²) in [5.41, 5.74) is 6.24. The number of nitriles is 1. The van der Waals surface area contributed by atoms with Crippen LogP contribution in [0.1, 0.15) is 11.1 Å². The number of aryl methyl sites for hydroxylation is 1. The lowest BCUT2D eigenvalue weighted by Gasteiger charge is -2.09. The van der Waals surface area contributed by atoms with Gasteiger partial charge in [0.1, 0.15) is 11.6 Å². The molecule has 0 saturated carbocycles. The number of H-pyrrole nitrogens is 1. The zero-order valence-corrected chi connectivity index (χ0v) is 15.4. The van der Waals surface area contributed by atoms with Gasteiger partial charge in [-0.25, -0.2) is 0 Å². The number of rotatable bonds is 3. The van der Waals surface area contributed by atoms with Gasteiger partial charge >= 0.3 is 0 Å². The molecule has 0 spiro atoms. The van der Waals surface area contributed by atoms with E-state index in [-0.39, 0.29) is 11.1 Å². The van der Waals surface area contributed by atoms with E-state index in [1.807, 2.05) is 85.8 Å². The number of hydrogen-bond acceptors (Lipinski definition) is 2. The molecule has 0 amide bonds. The number of nitrogens with one attached hydrogen (secondary N) is 1. The highest BCUT2D eigenvalue weighted by molar-refractivity contribution is 5.76. The number of nitrogens with zero attached hydrogens (tertiary/aromatic N) is 1. The predicted molar refractivity (Wildman–Crippen MR) is 113 cm³/mol. The normalized spacial score (nSPS) is 10.4. The smallest absolute Gasteiger partial charge is 0.266 e. The van der Waals surface area contributed by atoms with E-state index in [0.717, 1.165) is 27.8 Å². The lowest BCUT2D eigenvalue weighted by Crippen LogP contribution is -2.12. The van der Waals surface area contributed by atoms with Gasteiger partial charge in [-0.3, -0.25) is 4.79 Å². The molecule has 0 aliphatic rings. The van der Waals surface area contributed by atoms with Crippen LogP contribution < -0.4 is 5.56 Å². The molecular formula is C25H18N2O. The fourth-order valence-electron chi connectivity index (χ4n) is 3.26. The van der Waals surface area contributed by atoms with Crippen molar-refractivity contribution in [2.24, 2.45) is 0 Å². The molecular weight excluding hydrogens is 344 g/mol. The molecule has 0 aliphatic heterocycles. The minimum absolute atomic E-state index is 0.133. The monoisotopic (exact) mass is 362 g/mol. The molecule has 1 heterocycles. The summed E-state index contributed by atoms with van der Waals surface area (Å²) in [6.07, 6.45) is 0. The maximum Gasteiger partial charge on any atom is 0.266 e. The number of hydrogen-bond donors (Lipinski definition) is 1. The average molecular weight is 362 g/mol. The lowest BCUT2D eigenvalue weighted by atomic mass is 9.97. The summed E-state index contributed by atoms with van der Waals surface area (Å²) in [6.45, 7) is 2.01. The Kier molecular flexibility index (Phi) is 4.62. The van der Waals surface area contributed by atoms with Gasteiger partial charge in [0.05, 0.1) is 0 Å². The second-order valence-electron chi connectivity index (χ2n) is 6.72. The summed E-state index contributed by atoms with van der Waals surface area (Å²) >= 11 is 0. The Hall–Kier alpha value is -3.90. The molecule has 134 valence electrons. The van der Waals surface area contributed by atoms with Crippen LogP contribution in [0.15, 0.2) is 89.7 Å². The van der Waals surface area contributed by atoms with Crippen LogP contribution in [-0.4, -0.2) is 4.98 Å². The molecule has 0 fully saturated rings. The number of pyridine rings is 1. The van der Waals surface area contributed by atoms with Gasteiger partial charge in [-0.15, -0.1) is 0 Å². The van der Waals surface area contributed by atoms with Crippen molar-refractivity contribution < 1.29 is 0 Å². The molecule has 3 heteroatoms. The molecule has 4 rings (SSSR count). The van der Waals surface area contributed by atoms with Gasteiger partial charge in [-0.2, -0.15) is 5.26 Å². The first-order chi connectivity index (χ1) is 13.7. The second kappa shape index (κ2) is 7.38. The molecule has 0 unspecified atom stereocenters. The summed E-state index contributed by atoms with van der Waals surface area (Å²) in [7, 11) is 0. The number of benzene rings is 3. The summed E-state index contributed by atoms with van der Waals surface area (Å²) in [4.78, 5) is 15.4. The zero-order valence-electron chi connectivity index (χ0n) is 15.4. The van der Waals surface area contributed by atoms with Crippen molar-refractivity contribution in [2.45, 2.75) is 6.92 Å². The Balaban J connectivity index is 1.79. The highest BCUT2D eigenvalue weighted by atomic mass is 16.1. The van der Waals surface area contributed by atoms with Crippen LogP contribution in [0, 0.1) is 18.3 Å². The maximum atomic E-state index is 12.5. The first kappa shape index (κ1) is 17.5. The topological polar surface area (TPSA) is 56.6 Å². The van der Waals surface area contributed by atoms with Crippen LogP contribution >= 0.6 is 0 Å². The van der Waals surface area contributed by atoms with Crippen LogP contribution in [0.25, 0.3) is 33.5 Å². The Morgan fingerprint density at radius 1 is 0.750 bits per heavy atom. The Morgan fingerprint density at radius 3 is 1.96 bits per heavy atom. The average Bonchev–Trinajstić information content (AvgIpc) is 2.74. The van der Waals surface area contributed by atoms with Crippen LogP contribution in [0.4, 0.5) is 0 Å². The van der Waals surface area contributed by atoms with E-state index in [1.54, 1.807) is 0 Å². The first-order valence-corrected chi connectivity index (χ1v) is 9.06. The maximum absolute atomic E-state index is 12.5. The summed E-state index contributed by atoms with van der Waals surface area (Å²) < 4.78 is 0. The molecule has 1 N–H and O–H groups in total. The first-order valence-electron chi connectivity index (χ1n) is 9.06. The highest BCUT2D eigenvalue weighted by Gasteiger charge is 2.12. The van der Waals surface area contributed by atoms with E-state index in [4.69, 9.17) is 0 Å². The van der Waals surface area contributed by atoms with Crippen molar-refractivity contribution in [1.82, 2.24) is 4.98 Å². The van der Waals surface area contributed by atoms with Crippen molar-refractivity contribution in [2.75, 3.05) is 0 Å². The van der Waals surface area contributed by atoms with Gasteiger partial charge in [0, 0.05) is 11.3 Å². The van der Waals surface area contributed by atoms with E-state index in [0.29, 0.717) is 11.3 Å². The van der Waals surface area contributed by atoms with Crippen molar-refractivity contribution in [1.29, 1.82) is 5.26 Å². The lowest BCUT2D eigenvalue weighted by molar-refractivity contribution is 1.22. The zero-order chi connectivity index (χ0) is 19.5. The SMILES string of the molecule is Cc1ccc(-c2cc(-c3ccc(-c4ccccc4)cc3)[nH]c(=O)c2C#N)cc1. The van der Waals surface area contributed by atoms with Gasteiger partial charge in [0.15, 0.2) is 0 Å². The fourth-order valence-corrected chi connectivity index (χ4v) is 3.26. The van der Waals surface area contributed by atoms with E-state index >= 15 is 0 Å². The molecule has 0 atom stereocenters. The molecule has 1 aromatic heterocycles. The predicted octanol–water partition coefficient (Wildman–Crippen LogP) is 5.56. The molecule has 0 saturated heterocycles. The second-order valence-corrected chi connectivity index (χ2v) is 6.72. The fraction of sp³-hybridized carbons (Fsp3) is 0.0400. The van der Waals surface area contributed by atoms with Gasteiger partial charge in [-0.05, 0) is 35.2 Å². The largest absolute Gasteiger partial charge is 0.321 e. The van der Waals surface area contributed by atoms with Gasteiger partial charge in [0.25, 0.3) is 5.56 Å². The molecule has 0 aliphatic carbocycles. The minimum atomic E-state index is -0.372. The highest BCUT2D eigenvalue weighted by Crippen LogP contribution is 2.28. The Morgan fingerprint density at radius 2 is 1.32 bits per heavy atom. The van der Waals surface area contributed by atoms with E-state index in [9.17, 15) is 10.1 Å². The third kappa shape index (κ3) is 3.36. The van der Waals surface area contributed by atoms with Crippen molar-refractivity contribution >= 4 is 0 Å². The molecule has 4 aromatic rings. The quantitative estimate of drug-likeness (QED) is 0.519. The van der Waals surface area contributed by atoms with Gasteiger partial charge < -0.3 is 4.98 Å². The molecule has 3 aromatic carbocycles. The van der Waals surface area contributed by atoms with Crippen LogP contribution in [-0.2, 0) is 0 Å². The third-order valence-corrected chi connectivity index (χ3v) is 4.81. The molecule has 28 heavy (non-hydrogen) atoms. The Bertz CT molecular complexity index is 1210. The summed E-state index contributed by atoms with van der Waals surface area (Å²) in [6, 6.07) is 29.9. The molecule has 0 bridgehead atoms. The van der Waals surface area contributed by atoms with E-state index < -0.39 is 0 Å². The number of aromatic amines is 1. The number of aromatic nitrogens is 1. The molecule has 0 radical (unpaired) electrons. The third-order valence-electron chi connectivity index (χ3n) is 4.81. The standard InChI is InChI=1S/C25H18N2O/c1-17-7-9-20(10-8-17)22-15-24(27-25(28)23(22)16-26)21-13-11-19(12-14-21)18-5-3-2-4-6-18/h2-15H,1H3,(H,27,28). The van der Waals surface area contributed by atoms with Gasteiger partial charge in [0.2, 0.25) is 0 Å². The van der Waals surface area contributed by atoms with Crippen molar-refractivity contribution in [3.05, 3.63) is 106 Å². The van der Waals surface area contributed by atoms with Crippen molar-refractivity contribution in [3.63, 3.8) is 0 Å². The van der Waals surface area contributed by atoms with Crippen LogP contribution in [0.5, 0.6) is 0 Å². The van der Waals surface area contributed by atoms with E-state index in [2.05, 4.69) is 17.1 Å². The van der Waals surface area contributed by atoms with Gasteiger partial charge in [-0.1, -0.05) is 84.4 Å². The van der Waals surface area contributed by atoms with Crippen molar-refractivity contribution in [3.8, 4) is 39.6 Å². The van der Waals surface area contributed by atoms with E-state index in [1.165, 1.54) is 0 Å². The Labute approximate surface area is 163 Å².